The number of aromatic nitrogens is 5. The van der Waals surface area contributed by atoms with Crippen LogP contribution in [0, 0.1) is 0 Å². The number of likely N-dealkylation sites (tertiary alicyclic amines) is 1. The summed E-state index contributed by atoms with van der Waals surface area (Å²) >= 11 is 0. The van der Waals surface area contributed by atoms with Gasteiger partial charge in [0, 0.05) is 38.7 Å². The van der Waals surface area contributed by atoms with Crippen LogP contribution < -0.4 is 10.2 Å². The lowest BCUT2D eigenvalue weighted by molar-refractivity contribution is -0.120. The van der Waals surface area contributed by atoms with Crippen molar-refractivity contribution in [2.45, 2.75) is 57.8 Å². The minimum Gasteiger partial charge on any atom is -0.444 e. The van der Waals surface area contributed by atoms with Crippen molar-refractivity contribution >= 4 is 23.7 Å². The van der Waals surface area contributed by atoms with Gasteiger partial charge in [-0.25, -0.2) is 19.1 Å². The van der Waals surface area contributed by atoms with Crippen LogP contribution in [-0.4, -0.2) is 79.1 Å². The molecule has 12 heteroatoms. The Kier molecular flexibility index (Phi) is 6.64. The Bertz CT molecular complexity index is 1340. The number of rotatable bonds is 5. The second kappa shape index (κ2) is 9.92. The molecule has 1 fully saturated rings. The smallest absolute Gasteiger partial charge is 0.410 e. The molecule has 5 rings (SSSR count). The molecule has 1 saturated heterocycles. The first-order valence-corrected chi connectivity index (χ1v) is 12.6. The van der Waals surface area contributed by atoms with E-state index in [9.17, 15) is 14.4 Å². The Morgan fingerprint density at radius 3 is 2.58 bits per heavy atom. The Balaban J connectivity index is 1.18. The number of aryl methyl sites for hydroxylation is 1. The van der Waals surface area contributed by atoms with Crippen molar-refractivity contribution in [3.63, 3.8) is 0 Å². The number of likely N-dealkylation sites (N-methyl/N-ethyl adjacent to an activating group) is 1. The minimum absolute atomic E-state index is 0.0141. The maximum Gasteiger partial charge on any atom is 0.410 e. The van der Waals surface area contributed by atoms with Gasteiger partial charge < -0.3 is 15.0 Å². The van der Waals surface area contributed by atoms with Gasteiger partial charge in [-0.05, 0) is 32.8 Å². The van der Waals surface area contributed by atoms with E-state index in [2.05, 4.69) is 15.4 Å². The van der Waals surface area contributed by atoms with Gasteiger partial charge in [0.2, 0.25) is 5.82 Å². The molecule has 1 N–H and O–H groups in total. The monoisotopic (exact) mass is 520 g/mol. The van der Waals surface area contributed by atoms with Crippen LogP contribution in [0.4, 0.5) is 10.6 Å². The summed E-state index contributed by atoms with van der Waals surface area (Å²) in [6, 6.07) is 10.9. The van der Waals surface area contributed by atoms with E-state index in [1.807, 2.05) is 57.2 Å². The van der Waals surface area contributed by atoms with Gasteiger partial charge in [0.05, 0.1) is 12.2 Å². The van der Waals surface area contributed by atoms with E-state index in [0.29, 0.717) is 38.4 Å². The van der Waals surface area contributed by atoms with Crippen LogP contribution in [-0.2, 0) is 22.6 Å². The topological polar surface area (TPSA) is 127 Å². The summed E-state index contributed by atoms with van der Waals surface area (Å²) in [6.07, 6.45) is 1.55. The fourth-order valence-corrected chi connectivity index (χ4v) is 4.53. The van der Waals surface area contributed by atoms with Crippen LogP contribution >= 0.6 is 0 Å². The fraction of sp³-hybridized carbons (Fsp3) is 0.462. The number of anilines is 1. The summed E-state index contributed by atoms with van der Waals surface area (Å²) in [5.41, 5.74) is 1.33. The number of carbonyl (C=O) groups is 3. The van der Waals surface area contributed by atoms with Crippen molar-refractivity contribution in [3.8, 4) is 0 Å². The van der Waals surface area contributed by atoms with Gasteiger partial charge in [0.1, 0.15) is 23.8 Å². The van der Waals surface area contributed by atoms with Gasteiger partial charge in [0.15, 0.2) is 0 Å². The number of amides is 3. The van der Waals surface area contributed by atoms with E-state index in [4.69, 9.17) is 9.84 Å². The highest BCUT2D eigenvalue weighted by atomic mass is 16.6. The van der Waals surface area contributed by atoms with Crippen LogP contribution in [0.15, 0.2) is 42.7 Å². The van der Waals surface area contributed by atoms with Gasteiger partial charge in [-0.2, -0.15) is 5.10 Å². The van der Waals surface area contributed by atoms with Crippen molar-refractivity contribution in [2.24, 2.45) is 0 Å². The van der Waals surface area contributed by atoms with Crippen LogP contribution in [0.5, 0.6) is 0 Å². The van der Waals surface area contributed by atoms with Crippen molar-refractivity contribution in [2.75, 3.05) is 25.0 Å². The first kappa shape index (κ1) is 25.4. The van der Waals surface area contributed by atoms with Crippen molar-refractivity contribution in [3.05, 3.63) is 59.8 Å². The minimum atomic E-state index is -0.731. The highest BCUT2D eigenvalue weighted by Gasteiger charge is 2.38. The Labute approximate surface area is 220 Å². The third-order valence-corrected chi connectivity index (χ3v) is 6.56. The number of nitrogens with one attached hydrogen (secondary N) is 1. The molecule has 0 spiro atoms. The number of nitrogens with zero attached hydrogens (tertiary/aromatic N) is 7. The van der Waals surface area contributed by atoms with Gasteiger partial charge in [-0.3, -0.25) is 14.5 Å². The zero-order valence-corrected chi connectivity index (χ0v) is 22.0. The molecule has 4 heterocycles. The lowest BCUT2D eigenvalue weighted by atomic mass is 9.97. The van der Waals surface area contributed by atoms with Crippen LogP contribution in [0.25, 0.3) is 0 Å². The summed E-state index contributed by atoms with van der Waals surface area (Å²) < 4.78 is 8.79. The van der Waals surface area contributed by atoms with E-state index in [1.54, 1.807) is 21.3 Å². The van der Waals surface area contributed by atoms with E-state index in [0.717, 1.165) is 11.3 Å². The van der Waals surface area contributed by atoms with E-state index < -0.39 is 17.6 Å². The number of benzene rings is 1. The Morgan fingerprint density at radius 2 is 1.87 bits per heavy atom. The molecule has 38 heavy (non-hydrogen) atoms. The van der Waals surface area contributed by atoms with E-state index in [-0.39, 0.29) is 23.7 Å². The first-order valence-electron chi connectivity index (χ1n) is 12.6. The molecule has 2 aliphatic heterocycles. The van der Waals surface area contributed by atoms with Gasteiger partial charge in [-0.15, -0.1) is 5.10 Å². The number of fused-ring (bicyclic) bond motifs is 1. The summed E-state index contributed by atoms with van der Waals surface area (Å²) in [5, 5.41) is 11.8. The molecule has 0 bridgehead atoms. The predicted octanol–water partition coefficient (Wildman–Crippen LogP) is 2.02. The summed E-state index contributed by atoms with van der Waals surface area (Å²) in [5.74, 6) is 0.0117. The quantitative estimate of drug-likeness (QED) is 0.545. The third-order valence-electron chi connectivity index (χ3n) is 6.56. The molecule has 2 aromatic heterocycles. The first-order chi connectivity index (χ1) is 18.1. The lowest BCUT2D eigenvalue weighted by Gasteiger charge is -2.38. The molecular formula is C26H32N8O4. The highest BCUT2D eigenvalue weighted by molar-refractivity contribution is 6.00. The maximum atomic E-state index is 13.2. The van der Waals surface area contributed by atoms with Crippen molar-refractivity contribution in [1.82, 2.24) is 34.8 Å². The van der Waals surface area contributed by atoms with Crippen LogP contribution in [0.1, 0.15) is 55.0 Å². The summed E-state index contributed by atoms with van der Waals surface area (Å²) in [4.78, 5) is 45.6. The number of hydrogen-bond donors (Lipinski definition) is 1. The maximum absolute atomic E-state index is 13.2. The zero-order valence-electron chi connectivity index (χ0n) is 22.0. The zero-order chi connectivity index (χ0) is 27.0. The van der Waals surface area contributed by atoms with Crippen molar-refractivity contribution < 1.29 is 19.1 Å². The Hall–Kier alpha value is -4.22. The molecule has 0 aliphatic carbocycles. The molecule has 0 radical (unpaired) electrons. The van der Waals surface area contributed by atoms with Crippen molar-refractivity contribution in [1.29, 1.82) is 0 Å². The van der Waals surface area contributed by atoms with Gasteiger partial charge in [0.25, 0.3) is 11.8 Å². The largest absolute Gasteiger partial charge is 0.444 e. The van der Waals surface area contributed by atoms with Crippen LogP contribution in [0.3, 0.4) is 0 Å². The molecule has 1 aromatic carbocycles. The molecule has 3 aromatic rings. The van der Waals surface area contributed by atoms with Crippen LogP contribution in [0.2, 0.25) is 0 Å². The number of ether oxygens (including phenoxy) is 1. The SMILES string of the molecule is CN1C(=O)C(NC(=O)c2ncn(Cc3ccccc3)n2)CCn2nc(C3CN(C(=O)OC(C)(C)C)C3)cc21. The van der Waals surface area contributed by atoms with Gasteiger partial charge >= 0.3 is 6.09 Å². The molecule has 1 unspecified atom stereocenters. The molecule has 12 nitrogen and oxygen atoms in total. The highest BCUT2D eigenvalue weighted by Crippen LogP contribution is 2.31. The van der Waals surface area contributed by atoms with Gasteiger partial charge in [-0.1, -0.05) is 30.3 Å². The summed E-state index contributed by atoms with van der Waals surface area (Å²) in [7, 11) is 1.67. The Morgan fingerprint density at radius 1 is 1.13 bits per heavy atom. The molecular weight excluding hydrogens is 488 g/mol. The van der Waals surface area contributed by atoms with E-state index in [1.165, 1.54) is 11.2 Å². The molecule has 200 valence electrons. The summed E-state index contributed by atoms with van der Waals surface area (Å²) in [6.45, 7) is 7.50. The average molecular weight is 521 g/mol. The standard InChI is InChI=1S/C26H32N8O4/c1-26(2,3)38-25(37)32-14-18(15-32)20-12-21-31(4)24(36)19(10-11-34(21)29-20)28-23(35)22-27-16-33(30-22)13-17-8-6-5-7-9-17/h5-9,12,16,18-19H,10-11,13-15H2,1-4H3,(H,28,35). The average Bonchev–Trinajstić information content (AvgIpc) is 3.44. The second-order valence-electron chi connectivity index (χ2n) is 10.7. The fourth-order valence-electron chi connectivity index (χ4n) is 4.53. The predicted molar refractivity (Wildman–Crippen MR) is 138 cm³/mol. The second-order valence-corrected chi connectivity index (χ2v) is 10.7. The third kappa shape index (κ3) is 5.38. The molecule has 2 aliphatic rings. The lowest BCUT2D eigenvalue weighted by Crippen LogP contribution is -2.50. The number of hydrogen-bond acceptors (Lipinski definition) is 7. The number of carbonyl (C=O) groups excluding carboxylic acids is 3. The normalized spacial score (nSPS) is 18.0. The molecule has 3 amide bonds. The molecule has 0 saturated carbocycles. The van der Waals surface area contributed by atoms with E-state index >= 15 is 0 Å². The molecule has 1 atom stereocenters.